The average Bonchev–Trinajstić information content (AvgIpc) is 1.84. The Bertz CT molecular complexity index is 2460. The normalized spacial score (nSPS) is 16.0. The Labute approximate surface area is 621 Å². The molecule has 0 atom stereocenters. The van der Waals surface area contributed by atoms with E-state index in [2.05, 4.69) is 83.1 Å². The van der Waals surface area contributed by atoms with Crippen molar-refractivity contribution in [3.8, 4) is 0 Å². The van der Waals surface area contributed by atoms with Crippen LogP contribution in [0.1, 0.15) is 368 Å². The van der Waals surface area contributed by atoms with Gasteiger partial charge in [-0.15, -0.1) is 0 Å². The van der Waals surface area contributed by atoms with Crippen LogP contribution in [0.15, 0.2) is 54.6 Å². The lowest BCUT2D eigenvalue weighted by molar-refractivity contribution is -0.204. The van der Waals surface area contributed by atoms with Crippen LogP contribution in [0.2, 0.25) is 0 Å². The first-order valence-electron chi connectivity index (χ1n) is 40.7. The molecule has 2 saturated heterocycles. The number of aryl methyl sites for hydroxylation is 1. The highest BCUT2D eigenvalue weighted by Crippen LogP contribution is 2.38. The lowest BCUT2D eigenvalue weighted by Crippen LogP contribution is -2.43. The zero-order valence-corrected chi connectivity index (χ0v) is 67.8. The van der Waals surface area contributed by atoms with Gasteiger partial charge in [-0.3, -0.25) is 28.8 Å². The number of rotatable bonds is 34. The van der Waals surface area contributed by atoms with E-state index < -0.39 is 0 Å². The Morgan fingerprint density at radius 2 is 0.960 bits per heavy atom. The Morgan fingerprint density at radius 1 is 0.515 bits per heavy atom. The van der Waals surface area contributed by atoms with Gasteiger partial charge in [0.1, 0.15) is 0 Å². The third-order valence-electron chi connectivity index (χ3n) is 20.6. The molecule has 0 radical (unpaired) electrons. The van der Waals surface area contributed by atoms with E-state index in [0.717, 1.165) is 133 Å². The van der Waals surface area contributed by atoms with Crippen molar-refractivity contribution in [1.82, 2.24) is 24.7 Å². The first-order valence-corrected chi connectivity index (χ1v) is 40.7. The third-order valence-corrected chi connectivity index (χ3v) is 20.6. The van der Waals surface area contributed by atoms with Gasteiger partial charge in [-0.1, -0.05) is 262 Å². The summed E-state index contributed by atoms with van der Waals surface area (Å²) in [4.78, 5) is 75.8. The number of unbranched alkanes of at least 4 members (excludes halogenated alkanes) is 12. The molecule has 0 bridgehead atoms. The summed E-state index contributed by atoms with van der Waals surface area (Å²) in [5, 5.41) is 20.7. The van der Waals surface area contributed by atoms with Crippen molar-refractivity contribution < 1.29 is 39.0 Å². The monoisotopic (exact) mass is 1410 g/mol. The molecule has 2 N–H and O–H groups in total. The predicted molar refractivity (Wildman–Crippen MR) is 427 cm³/mol. The van der Waals surface area contributed by atoms with Crippen molar-refractivity contribution in [3.05, 3.63) is 71.3 Å². The topological polar surface area (TPSA) is 151 Å². The lowest BCUT2D eigenvalue weighted by atomic mass is 9.86. The molecule has 13 nitrogen and oxygen atoms in total. The number of hydrogen-bond acceptors (Lipinski definition) is 8. The Hall–Kier alpha value is -4.33. The fourth-order valence-electron chi connectivity index (χ4n) is 14.2. The zero-order chi connectivity index (χ0) is 74.6. The number of piperidine rings is 2. The van der Waals surface area contributed by atoms with Gasteiger partial charge in [0.2, 0.25) is 17.7 Å². The second kappa shape index (κ2) is 51.8. The molecule has 2 aliphatic carbocycles. The van der Waals surface area contributed by atoms with Crippen LogP contribution in [0.4, 0.5) is 0 Å². The number of hydrogen-bond donors (Lipinski definition) is 2. The van der Waals surface area contributed by atoms with Gasteiger partial charge in [0.05, 0.1) is 25.4 Å². The zero-order valence-electron chi connectivity index (χ0n) is 67.8. The average molecular weight is 1420 g/mol. The van der Waals surface area contributed by atoms with Crippen molar-refractivity contribution in [3.63, 3.8) is 0 Å². The van der Waals surface area contributed by atoms with Crippen LogP contribution < -0.4 is 0 Å². The second-order valence-electron chi connectivity index (χ2n) is 35.2. The van der Waals surface area contributed by atoms with Gasteiger partial charge in [0.25, 0.3) is 11.8 Å². The minimum absolute atomic E-state index is 0. The summed E-state index contributed by atoms with van der Waals surface area (Å²) < 4.78 is 0. The molecule has 2 saturated carbocycles. The van der Waals surface area contributed by atoms with Crippen molar-refractivity contribution >= 4 is 29.5 Å². The summed E-state index contributed by atoms with van der Waals surface area (Å²) in [5.74, 6) is 1.63. The third kappa shape index (κ3) is 44.9. The van der Waals surface area contributed by atoms with Gasteiger partial charge >= 0.3 is 0 Å². The maximum Gasteiger partial charge on any atom is 0.253 e. The van der Waals surface area contributed by atoms with Crippen molar-refractivity contribution in [2.75, 3.05) is 66.6 Å². The Kier molecular flexibility index (Phi) is 48.5. The number of aliphatic hydroxyl groups is 2. The summed E-state index contributed by atoms with van der Waals surface area (Å²) in [6.07, 6.45) is 41.2. The molecular formula is C88H159N5O8. The lowest BCUT2D eigenvalue weighted by Gasteiger charge is -2.33. The number of nitrogens with zero attached hydrogens (tertiary/aromatic N) is 5. The predicted octanol–water partition coefficient (Wildman–Crippen LogP) is 21.9. The molecule has 584 valence electrons. The number of likely N-dealkylation sites (N-methyl/N-ethyl adjacent to an activating group) is 1. The van der Waals surface area contributed by atoms with Crippen LogP contribution in [-0.2, 0) is 19.2 Å². The van der Waals surface area contributed by atoms with Gasteiger partial charge in [0.15, 0.2) is 0 Å². The minimum atomic E-state index is -0.193. The Balaban J connectivity index is 0.000000676. The first kappa shape index (κ1) is 94.7. The van der Waals surface area contributed by atoms with E-state index >= 15 is 0 Å². The molecule has 2 aliphatic heterocycles. The van der Waals surface area contributed by atoms with E-state index in [1.54, 1.807) is 17.0 Å². The van der Waals surface area contributed by atoms with Gasteiger partial charge in [-0.05, 0) is 155 Å². The van der Waals surface area contributed by atoms with Gasteiger partial charge in [0, 0.05) is 89.2 Å². The van der Waals surface area contributed by atoms with E-state index in [1.165, 1.54) is 135 Å². The maximum atomic E-state index is 13.0. The number of carbonyl (C=O) groups is 5. The van der Waals surface area contributed by atoms with Crippen LogP contribution >= 0.6 is 0 Å². The van der Waals surface area contributed by atoms with Crippen molar-refractivity contribution in [1.29, 1.82) is 0 Å². The number of aliphatic hydroxyl groups excluding tert-OH is 2. The smallest absolute Gasteiger partial charge is 0.253 e. The fourth-order valence-corrected chi connectivity index (χ4v) is 14.2. The molecule has 0 unspecified atom stereocenters. The van der Waals surface area contributed by atoms with E-state index in [1.807, 2.05) is 97.1 Å². The van der Waals surface area contributed by atoms with E-state index in [-0.39, 0.29) is 61.1 Å². The van der Waals surface area contributed by atoms with Crippen molar-refractivity contribution in [2.24, 2.45) is 33.0 Å². The molecule has 0 spiro atoms. The summed E-state index contributed by atoms with van der Waals surface area (Å²) in [5.41, 5.74) is 4.40. The van der Waals surface area contributed by atoms with Crippen LogP contribution in [0.25, 0.3) is 0 Å². The van der Waals surface area contributed by atoms with E-state index in [9.17, 15) is 34.2 Å². The van der Waals surface area contributed by atoms with E-state index in [4.69, 9.17) is 4.84 Å². The molecule has 101 heavy (non-hydrogen) atoms. The van der Waals surface area contributed by atoms with Crippen LogP contribution in [0.5, 0.6) is 0 Å². The SMILES string of the molecule is C.CC.CC(C)(C)CCCCCCCC(=O)N1CCC(O)CC1.CN(CC1(CO)CCCC1)C(=O)CCCCCCCC(C)(C)C.CN(CCON(C(=O)CCCCCCC(C)(C)C)C1CCCCC1)C(=O)c1ccccc1.Cc1cccc(C(=O)N2CCC(CCCCC(C)(C)C)CC2)c1. The van der Waals surface area contributed by atoms with Gasteiger partial charge in [-0.2, -0.15) is 0 Å². The summed E-state index contributed by atoms with van der Waals surface area (Å²) in [7, 11) is 3.68. The molecule has 2 aromatic carbocycles. The van der Waals surface area contributed by atoms with Crippen LogP contribution in [0, 0.1) is 39.9 Å². The largest absolute Gasteiger partial charge is 0.396 e. The fraction of sp³-hybridized carbons (Fsp3) is 0.807. The summed E-state index contributed by atoms with van der Waals surface area (Å²) in [6, 6.07) is 17.4. The highest BCUT2D eigenvalue weighted by atomic mass is 16.7. The second-order valence-corrected chi connectivity index (χ2v) is 35.2. The molecular weight excluding hydrogens is 1250 g/mol. The van der Waals surface area contributed by atoms with Gasteiger partial charge < -0.3 is 29.8 Å². The standard InChI is InChI=1S/C27H44N2O3.C21H33NO.C20H39NO2.C17H33NO2.C2H6.CH4/c1-27(2,3)20-14-6-5-13-19-25(30)29(24-17-11-8-12-18-24)32-22-21-28(4)26(31)23-15-9-7-10-16-23;1-17-8-7-10-19(16-17)20(23)22-14-11-18(12-15-22)9-5-6-13-21(2,3)4;1-19(2,3)13-9-7-5-6-8-12-18(23)21(4)16-20(17-22)14-10-11-15-20;1-17(2,3)12-8-6-4-5-7-9-16(20)18-13-10-15(19)11-14-18;1-2;/h7,9-10,15-16,24H,5-6,8,11-14,17-22H2,1-4H3;7-8,10,16,18H,5-6,9,11-15H2,1-4H3;22H,5-17H2,1-4H3;15,19H,4-14H2,1-3H3;1-2H3;1H4. The number of benzene rings is 2. The number of likely N-dealkylation sites (tertiary alicyclic amines) is 2. The Morgan fingerprint density at radius 3 is 1.45 bits per heavy atom. The number of amides is 5. The molecule has 2 aromatic rings. The molecule has 2 heterocycles. The number of carbonyl (C=O) groups excluding carboxylic acids is 5. The summed E-state index contributed by atoms with van der Waals surface area (Å²) in [6.45, 7) is 38.7. The molecule has 4 fully saturated rings. The van der Waals surface area contributed by atoms with Crippen LogP contribution in [-0.4, -0.2) is 143 Å². The minimum Gasteiger partial charge on any atom is -0.396 e. The van der Waals surface area contributed by atoms with Crippen molar-refractivity contribution in [2.45, 2.75) is 361 Å². The highest BCUT2D eigenvalue weighted by molar-refractivity contribution is 5.94. The van der Waals surface area contributed by atoms with Crippen LogP contribution in [0.3, 0.4) is 0 Å². The van der Waals surface area contributed by atoms with Gasteiger partial charge in [-0.25, -0.2) is 5.06 Å². The highest BCUT2D eigenvalue weighted by Gasteiger charge is 2.35. The first-order chi connectivity index (χ1) is 47.3. The molecule has 4 aliphatic rings. The molecule has 0 aromatic heterocycles. The molecule has 6 rings (SSSR count). The summed E-state index contributed by atoms with van der Waals surface area (Å²) >= 11 is 0. The molecule has 13 heteroatoms. The number of hydroxylamine groups is 2. The maximum absolute atomic E-state index is 13.0. The quantitative estimate of drug-likeness (QED) is 0.0519. The molecule has 5 amide bonds. The van der Waals surface area contributed by atoms with E-state index in [0.29, 0.717) is 59.6 Å².